The summed E-state index contributed by atoms with van der Waals surface area (Å²) in [4.78, 5) is 26.3. The Morgan fingerprint density at radius 3 is 2.29 bits per heavy atom. The van der Waals surface area contributed by atoms with Crippen molar-refractivity contribution in [3.8, 4) is 0 Å². The number of alkyl halides is 2. The van der Waals surface area contributed by atoms with E-state index in [9.17, 15) is 18.4 Å². The van der Waals surface area contributed by atoms with Crippen LogP contribution in [0.25, 0.3) is 0 Å². The van der Waals surface area contributed by atoms with Crippen LogP contribution in [-0.4, -0.2) is 48.2 Å². The van der Waals surface area contributed by atoms with Gasteiger partial charge >= 0.3 is 0 Å². The number of piperidine rings is 1. The van der Waals surface area contributed by atoms with Gasteiger partial charge in [-0.1, -0.05) is 30.3 Å². The van der Waals surface area contributed by atoms with Gasteiger partial charge in [-0.2, -0.15) is 0 Å². The summed E-state index contributed by atoms with van der Waals surface area (Å²) in [5, 5.41) is 2.60. The van der Waals surface area contributed by atoms with Crippen LogP contribution in [0.3, 0.4) is 0 Å². The van der Waals surface area contributed by atoms with Crippen LogP contribution in [0.5, 0.6) is 0 Å². The highest BCUT2D eigenvalue weighted by atomic mass is 35.5. The minimum atomic E-state index is -2.80. The highest BCUT2D eigenvalue weighted by molar-refractivity contribution is 5.98. The highest BCUT2D eigenvalue weighted by Crippen LogP contribution is 2.28. The molecule has 7 heteroatoms. The number of hydrogen-bond acceptors (Lipinski definition) is 3. The van der Waals surface area contributed by atoms with Gasteiger partial charge in [-0.25, -0.2) is 8.78 Å². The SMILES string of the molecule is Cl.O=C(c1ccccc1)C1CCN(C(=O)C2CC(F)(F)CN2)CC1. The number of carbonyl (C=O) groups is 2. The van der Waals surface area contributed by atoms with E-state index in [0.717, 1.165) is 0 Å². The van der Waals surface area contributed by atoms with Gasteiger partial charge in [0.15, 0.2) is 5.78 Å². The van der Waals surface area contributed by atoms with Gasteiger partial charge < -0.3 is 4.90 Å². The average Bonchev–Trinajstić information content (AvgIpc) is 2.94. The van der Waals surface area contributed by atoms with Crippen molar-refractivity contribution in [3.63, 3.8) is 0 Å². The number of nitrogens with zero attached hydrogens (tertiary/aromatic N) is 1. The number of hydrogen-bond donors (Lipinski definition) is 1. The molecular formula is C17H21ClF2N2O2. The van der Waals surface area contributed by atoms with Gasteiger partial charge in [0.2, 0.25) is 5.91 Å². The molecule has 1 amide bonds. The lowest BCUT2D eigenvalue weighted by Crippen LogP contribution is -2.47. The van der Waals surface area contributed by atoms with E-state index < -0.39 is 24.9 Å². The zero-order valence-electron chi connectivity index (χ0n) is 13.2. The van der Waals surface area contributed by atoms with Crippen molar-refractivity contribution in [3.05, 3.63) is 35.9 Å². The first-order chi connectivity index (χ1) is 11.0. The van der Waals surface area contributed by atoms with Crippen LogP contribution in [0, 0.1) is 5.92 Å². The predicted octanol–water partition coefficient (Wildman–Crippen LogP) is 2.53. The molecule has 1 aromatic carbocycles. The van der Waals surface area contributed by atoms with E-state index in [0.29, 0.717) is 31.5 Å². The fraction of sp³-hybridized carbons (Fsp3) is 0.529. The predicted molar refractivity (Wildman–Crippen MR) is 88.7 cm³/mol. The maximum absolute atomic E-state index is 13.2. The number of rotatable bonds is 3. The van der Waals surface area contributed by atoms with Crippen molar-refractivity contribution in [1.29, 1.82) is 0 Å². The Hall–Kier alpha value is -1.53. The topological polar surface area (TPSA) is 49.4 Å². The van der Waals surface area contributed by atoms with E-state index in [2.05, 4.69) is 5.32 Å². The maximum atomic E-state index is 13.2. The number of halogens is 3. The van der Waals surface area contributed by atoms with Crippen LogP contribution >= 0.6 is 12.4 Å². The fourth-order valence-corrected chi connectivity index (χ4v) is 3.31. The summed E-state index contributed by atoms with van der Waals surface area (Å²) in [7, 11) is 0. The summed E-state index contributed by atoms with van der Waals surface area (Å²) in [6.45, 7) is 0.462. The molecule has 2 heterocycles. The summed E-state index contributed by atoms with van der Waals surface area (Å²) in [6.07, 6.45) is 0.736. The van der Waals surface area contributed by atoms with Gasteiger partial charge in [-0.05, 0) is 12.8 Å². The largest absolute Gasteiger partial charge is 0.341 e. The Morgan fingerprint density at radius 2 is 1.75 bits per heavy atom. The zero-order chi connectivity index (χ0) is 16.4. The summed E-state index contributed by atoms with van der Waals surface area (Å²) >= 11 is 0. The number of benzene rings is 1. The first kappa shape index (κ1) is 18.8. The van der Waals surface area contributed by atoms with Crippen molar-refractivity contribution in [2.24, 2.45) is 5.92 Å². The molecule has 24 heavy (non-hydrogen) atoms. The lowest BCUT2D eigenvalue weighted by molar-refractivity contribution is -0.135. The zero-order valence-corrected chi connectivity index (χ0v) is 14.0. The van der Waals surface area contributed by atoms with E-state index in [1.807, 2.05) is 18.2 Å². The van der Waals surface area contributed by atoms with Gasteiger partial charge in [0.1, 0.15) is 0 Å². The van der Waals surface area contributed by atoms with Gasteiger partial charge in [-0.15, -0.1) is 12.4 Å². The smallest absolute Gasteiger partial charge is 0.262 e. The molecule has 0 radical (unpaired) electrons. The maximum Gasteiger partial charge on any atom is 0.262 e. The van der Waals surface area contributed by atoms with Crippen LogP contribution in [-0.2, 0) is 4.79 Å². The second-order valence-corrected chi connectivity index (χ2v) is 6.32. The molecule has 132 valence electrons. The van der Waals surface area contributed by atoms with Crippen LogP contribution in [0.15, 0.2) is 30.3 Å². The molecule has 2 saturated heterocycles. The highest BCUT2D eigenvalue weighted by Gasteiger charge is 2.44. The number of ketones is 1. The molecule has 2 aliphatic heterocycles. The number of nitrogens with one attached hydrogen (secondary N) is 1. The molecular weight excluding hydrogens is 338 g/mol. The Kier molecular flexibility index (Phi) is 5.93. The Morgan fingerprint density at radius 1 is 1.12 bits per heavy atom. The van der Waals surface area contributed by atoms with Crippen molar-refractivity contribution in [2.75, 3.05) is 19.6 Å². The standard InChI is InChI=1S/C17H20F2N2O2.ClH/c18-17(19)10-14(20-11-17)16(23)21-8-6-13(7-9-21)15(22)12-4-2-1-3-5-12;/h1-5,13-14,20H,6-11H2;1H. The summed E-state index contributed by atoms with van der Waals surface area (Å²) < 4.78 is 26.4. The van der Waals surface area contributed by atoms with Crippen molar-refractivity contribution < 1.29 is 18.4 Å². The lowest BCUT2D eigenvalue weighted by atomic mass is 9.88. The third-order valence-electron chi connectivity index (χ3n) is 4.64. The second kappa shape index (κ2) is 7.57. The molecule has 0 bridgehead atoms. The van der Waals surface area contributed by atoms with Crippen LogP contribution in [0.1, 0.15) is 29.6 Å². The fourth-order valence-electron chi connectivity index (χ4n) is 3.31. The van der Waals surface area contributed by atoms with E-state index in [1.165, 1.54) is 0 Å². The van der Waals surface area contributed by atoms with E-state index in [1.54, 1.807) is 17.0 Å². The van der Waals surface area contributed by atoms with E-state index in [4.69, 9.17) is 0 Å². The third-order valence-corrected chi connectivity index (χ3v) is 4.64. The minimum absolute atomic E-state index is 0. The number of Topliss-reactive ketones (excluding diaryl/α,β-unsaturated/α-hetero) is 1. The Labute approximate surface area is 146 Å². The van der Waals surface area contributed by atoms with Crippen molar-refractivity contribution in [1.82, 2.24) is 10.2 Å². The van der Waals surface area contributed by atoms with Crippen LogP contribution in [0.4, 0.5) is 8.78 Å². The summed E-state index contributed by atoms with van der Waals surface area (Å²) in [6, 6.07) is 8.32. The molecule has 2 aliphatic rings. The quantitative estimate of drug-likeness (QED) is 0.845. The summed E-state index contributed by atoms with van der Waals surface area (Å²) in [5.74, 6) is -3.07. The minimum Gasteiger partial charge on any atom is -0.341 e. The number of amides is 1. The van der Waals surface area contributed by atoms with E-state index >= 15 is 0 Å². The van der Waals surface area contributed by atoms with Crippen LogP contribution in [0.2, 0.25) is 0 Å². The molecule has 4 nitrogen and oxygen atoms in total. The van der Waals surface area contributed by atoms with Gasteiger partial charge in [0.05, 0.1) is 12.6 Å². The third kappa shape index (κ3) is 4.11. The number of likely N-dealkylation sites (tertiary alicyclic amines) is 1. The normalized spacial score (nSPS) is 23.6. The lowest BCUT2D eigenvalue weighted by Gasteiger charge is -2.33. The number of carbonyl (C=O) groups excluding carboxylic acids is 2. The molecule has 2 fully saturated rings. The van der Waals surface area contributed by atoms with Gasteiger partial charge in [0.25, 0.3) is 5.92 Å². The first-order valence-corrected chi connectivity index (χ1v) is 7.95. The Bertz CT molecular complexity index is 590. The molecule has 0 spiro atoms. The first-order valence-electron chi connectivity index (χ1n) is 7.95. The molecule has 1 unspecified atom stereocenters. The molecule has 0 aromatic heterocycles. The molecule has 1 atom stereocenters. The van der Waals surface area contributed by atoms with Crippen LogP contribution < -0.4 is 5.32 Å². The Balaban J connectivity index is 0.00000208. The average molecular weight is 359 g/mol. The second-order valence-electron chi connectivity index (χ2n) is 6.32. The monoisotopic (exact) mass is 358 g/mol. The van der Waals surface area contributed by atoms with Gasteiger partial charge in [0, 0.05) is 31.0 Å². The molecule has 3 rings (SSSR count). The van der Waals surface area contributed by atoms with Gasteiger partial charge in [-0.3, -0.25) is 14.9 Å². The summed E-state index contributed by atoms with van der Waals surface area (Å²) in [5.41, 5.74) is 0.689. The molecule has 1 aromatic rings. The van der Waals surface area contributed by atoms with Crippen molar-refractivity contribution in [2.45, 2.75) is 31.2 Å². The molecule has 1 N–H and O–H groups in total. The molecule has 0 saturated carbocycles. The molecule has 0 aliphatic carbocycles. The van der Waals surface area contributed by atoms with E-state index in [-0.39, 0.29) is 30.0 Å². The van der Waals surface area contributed by atoms with Crippen molar-refractivity contribution >= 4 is 24.1 Å².